The Hall–Kier alpha value is -3.97. The average molecular weight is 469 g/mol. The summed E-state index contributed by atoms with van der Waals surface area (Å²) in [6.45, 7) is 2.48. The van der Waals surface area contributed by atoms with Gasteiger partial charge in [0.15, 0.2) is 0 Å². The Morgan fingerprint density at radius 1 is 1.03 bits per heavy atom. The molecule has 0 atom stereocenters. The van der Waals surface area contributed by atoms with Crippen LogP contribution in [0.4, 0.5) is 0 Å². The van der Waals surface area contributed by atoms with Crippen LogP contribution in [-0.4, -0.2) is 34.1 Å². The number of aliphatic imine (C=N–C) groups is 1. The Bertz CT molecular complexity index is 1480. The predicted molar refractivity (Wildman–Crippen MR) is 139 cm³/mol. The predicted octanol–water partition coefficient (Wildman–Crippen LogP) is 5.50. The second-order valence-corrected chi connectivity index (χ2v) is 8.91. The molecule has 0 amide bonds. The van der Waals surface area contributed by atoms with E-state index in [4.69, 9.17) is 9.73 Å². The van der Waals surface area contributed by atoms with Gasteiger partial charge in [0.05, 0.1) is 28.6 Å². The Kier molecular flexibility index (Phi) is 6.10. The van der Waals surface area contributed by atoms with E-state index in [9.17, 15) is 4.79 Å². The Labute approximate surface area is 201 Å². The minimum absolute atomic E-state index is 0.149. The molecule has 2 heterocycles. The summed E-state index contributed by atoms with van der Waals surface area (Å²) in [6, 6.07) is 25.7. The largest absolute Gasteiger partial charge is 0.497 e. The average Bonchev–Trinajstić information content (AvgIpc) is 3.46. The van der Waals surface area contributed by atoms with Gasteiger partial charge in [-0.1, -0.05) is 65.9 Å². The van der Waals surface area contributed by atoms with E-state index >= 15 is 0 Å². The van der Waals surface area contributed by atoms with Crippen molar-refractivity contribution in [3.05, 3.63) is 100 Å². The number of hydrogen-bond acceptors (Lipinski definition) is 5. The highest BCUT2D eigenvalue weighted by molar-refractivity contribution is 7.20. The molecule has 3 aromatic carbocycles. The van der Waals surface area contributed by atoms with E-state index in [1.54, 1.807) is 7.11 Å². The molecule has 0 unspecified atom stereocenters. The molecule has 0 bridgehead atoms. The number of nitrogens with one attached hydrogen (secondary N) is 1. The van der Waals surface area contributed by atoms with Crippen LogP contribution in [0.25, 0.3) is 26.6 Å². The van der Waals surface area contributed by atoms with Crippen molar-refractivity contribution >= 4 is 27.3 Å². The van der Waals surface area contributed by atoms with Crippen LogP contribution in [0, 0.1) is 0 Å². The van der Waals surface area contributed by atoms with Crippen molar-refractivity contribution in [3.63, 3.8) is 0 Å². The third-order valence-electron chi connectivity index (χ3n) is 5.70. The van der Waals surface area contributed by atoms with Crippen LogP contribution in [0.5, 0.6) is 5.75 Å². The lowest BCUT2D eigenvalue weighted by molar-refractivity contribution is 0.414. The van der Waals surface area contributed by atoms with Crippen molar-refractivity contribution in [2.75, 3.05) is 13.7 Å². The Morgan fingerprint density at radius 3 is 2.50 bits per heavy atom. The minimum atomic E-state index is -0.149. The molecule has 0 aliphatic heterocycles. The molecule has 0 fully saturated rings. The molecule has 7 heteroatoms. The fraction of sp³-hybridized carbons (Fsp3) is 0.148. The summed E-state index contributed by atoms with van der Waals surface area (Å²) in [5, 5.41) is 3.91. The maximum absolute atomic E-state index is 13.6. The second-order valence-electron chi connectivity index (χ2n) is 7.90. The van der Waals surface area contributed by atoms with E-state index in [1.165, 1.54) is 21.6 Å². The van der Waals surface area contributed by atoms with Crippen LogP contribution in [0.15, 0.2) is 88.6 Å². The van der Waals surface area contributed by atoms with E-state index in [2.05, 4.69) is 10.1 Å². The van der Waals surface area contributed by atoms with Crippen LogP contribution in [0.2, 0.25) is 0 Å². The van der Waals surface area contributed by atoms with Crippen LogP contribution in [0.1, 0.15) is 18.1 Å². The third-order valence-corrected chi connectivity index (χ3v) is 6.72. The standard InChI is InChI=1S/C27H24N4O2S/c1-18(28-17-16-19-12-14-21(33-2)15-13-19)24-25(20-8-4-3-5-9-20)30-31(26(24)32)27-29-22-10-6-7-11-23(22)34-27/h3-15,30H,16-17H2,1-2H3. The molecule has 0 radical (unpaired) electrons. The van der Waals surface area contributed by atoms with Gasteiger partial charge in [0.1, 0.15) is 5.75 Å². The zero-order valence-corrected chi connectivity index (χ0v) is 19.8. The molecule has 1 N–H and O–H groups in total. The van der Waals surface area contributed by atoms with Crippen LogP contribution in [0.3, 0.4) is 0 Å². The molecule has 170 valence electrons. The highest BCUT2D eigenvalue weighted by Gasteiger charge is 2.20. The summed E-state index contributed by atoms with van der Waals surface area (Å²) in [5.74, 6) is 0.832. The molecule has 5 aromatic rings. The van der Waals surface area contributed by atoms with E-state index in [0.29, 0.717) is 23.0 Å². The number of ether oxygens (including phenoxy) is 1. The molecule has 0 saturated carbocycles. The van der Waals surface area contributed by atoms with Crippen LogP contribution < -0.4 is 10.3 Å². The van der Waals surface area contributed by atoms with Crippen molar-refractivity contribution in [2.45, 2.75) is 13.3 Å². The van der Waals surface area contributed by atoms with Gasteiger partial charge in [-0.05, 0) is 43.2 Å². The van der Waals surface area contributed by atoms with Gasteiger partial charge in [0.25, 0.3) is 5.56 Å². The fourth-order valence-corrected chi connectivity index (χ4v) is 4.83. The smallest absolute Gasteiger partial charge is 0.283 e. The zero-order chi connectivity index (χ0) is 23.5. The first kappa shape index (κ1) is 21.9. The SMILES string of the molecule is COc1ccc(CCN=C(C)c2c(-c3ccccc3)[nH]n(-c3nc4ccccc4s3)c2=O)cc1. The first-order valence-electron chi connectivity index (χ1n) is 11.0. The Balaban J connectivity index is 1.51. The van der Waals surface area contributed by atoms with Crippen molar-refractivity contribution in [3.8, 4) is 22.1 Å². The lowest BCUT2D eigenvalue weighted by Crippen LogP contribution is -2.19. The van der Waals surface area contributed by atoms with Gasteiger partial charge in [-0.2, -0.15) is 4.68 Å². The summed E-state index contributed by atoms with van der Waals surface area (Å²) in [4.78, 5) is 23.0. The highest BCUT2D eigenvalue weighted by Crippen LogP contribution is 2.26. The second kappa shape index (κ2) is 9.49. The molecule has 0 aliphatic rings. The first-order chi connectivity index (χ1) is 16.6. The number of nitrogens with zero attached hydrogens (tertiary/aromatic N) is 3. The summed E-state index contributed by atoms with van der Waals surface area (Å²) in [6.07, 6.45) is 0.776. The lowest BCUT2D eigenvalue weighted by Gasteiger charge is -2.04. The van der Waals surface area contributed by atoms with Gasteiger partial charge in [0, 0.05) is 17.8 Å². The lowest BCUT2D eigenvalue weighted by atomic mass is 10.1. The molecule has 34 heavy (non-hydrogen) atoms. The number of hydrogen-bond donors (Lipinski definition) is 1. The summed E-state index contributed by atoms with van der Waals surface area (Å²) in [7, 11) is 1.66. The summed E-state index contributed by atoms with van der Waals surface area (Å²) < 4.78 is 7.79. The number of fused-ring (bicyclic) bond motifs is 1. The fourth-order valence-electron chi connectivity index (χ4n) is 3.90. The van der Waals surface area contributed by atoms with E-state index in [0.717, 1.165) is 33.6 Å². The van der Waals surface area contributed by atoms with Gasteiger partial charge < -0.3 is 4.74 Å². The van der Waals surface area contributed by atoms with E-state index in [1.807, 2.05) is 85.8 Å². The molecular weight excluding hydrogens is 444 g/mol. The number of aromatic amines is 1. The molecule has 0 saturated heterocycles. The van der Waals surface area contributed by atoms with E-state index in [-0.39, 0.29) is 5.56 Å². The molecule has 0 aliphatic carbocycles. The van der Waals surface area contributed by atoms with Crippen LogP contribution in [-0.2, 0) is 6.42 Å². The monoisotopic (exact) mass is 468 g/mol. The summed E-state index contributed by atoms with van der Waals surface area (Å²) in [5.41, 5.74) is 4.84. The van der Waals surface area contributed by atoms with Gasteiger partial charge in [-0.25, -0.2) is 4.98 Å². The number of methoxy groups -OCH3 is 1. The normalized spacial score (nSPS) is 11.8. The Morgan fingerprint density at radius 2 is 1.76 bits per heavy atom. The molecule has 5 rings (SSSR count). The first-order valence-corrected chi connectivity index (χ1v) is 11.9. The quantitative estimate of drug-likeness (QED) is 0.321. The molecule has 0 spiro atoms. The number of H-pyrrole nitrogens is 1. The van der Waals surface area contributed by atoms with Crippen molar-refractivity contribution in [1.82, 2.24) is 14.8 Å². The van der Waals surface area contributed by atoms with Crippen LogP contribution >= 0.6 is 11.3 Å². The van der Waals surface area contributed by atoms with Gasteiger partial charge in [-0.3, -0.25) is 14.9 Å². The van der Waals surface area contributed by atoms with Gasteiger partial charge in [0.2, 0.25) is 5.13 Å². The number of rotatable bonds is 7. The highest BCUT2D eigenvalue weighted by atomic mass is 32.1. The summed E-state index contributed by atoms with van der Waals surface area (Å²) >= 11 is 1.48. The third kappa shape index (κ3) is 4.30. The number of aromatic nitrogens is 3. The van der Waals surface area contributed by atoms with Gasteiger partial charge in [-0.15, -0.1) is 0 Å². The number of para-hydroxylation sites is 1. The van der Waals surface area contributed by atoms with Crippen molar-refractivity contribution in [1.29, 1.82) is 0 Å². The van der Waals surface area contributed by atoms with E-state index < -0.39 is 0 Å². The number of thiazole rings is 1. The number of benzene rings is 3. The minimum Gasteiger partial charge on any atom is -0.497 e. The maximum Gasteiger partial charge on any atom is 0.283 e. The van der Waals surface area contributed by atoms with Gasteiger partial charge >= 0.3 is 0 Å². The molecule has 2 aromatic heterocycles. The molecular formula is C27H24N4O2S. The van der Waals surface area contributed by atoms with Crippen molar-refractivity contribution in [2.24, 2.45) is 4.99 Å². The molecule has 6 nitrogen and oxygen atoms in total. The van der Waals surface area contributed by atoms with Crippen molar-refractivity contribution < 1.29 is 4.74 Å². The zero-order valence-electron chi connectivity index (χ0n) is 19.0. The topological polar surface area (TPSA) is 72.3 Å². The maximum atomic E-state index is 13.6.